The van der Waals surface area contributed by atoms with Crippen molar-refractivity contribution in [1.82, 2.24) is 0 Å². The van der Waals surface area contributed by atoms with E-state index in [-0.39, 0.29) is 0 Å². The first kappa shape index (κ1) is 22.4. The maximum Gasteiger partial charge on any atom is 0.186 e. The summed E-state index contributed by atoms with van der Waals surface area (Å²) in [7, 11) is 1.67. The standard InChI is InChI=1S/C28H47NO/c1-19(2)8-7-9-20(3)24-12-13-25-23-11-10-21-18-22(29(6)30)14-16-27(21,4)26(23)15-17-28(24,25)5/h18-20,23-26H,7-17H2,1-6H3/b29-22-/t20-,23+,24-,25+,26+,27+,28-/m1/s1. The molecular formula is C28H47NO. The maximum atomic E-state index is 11.9. The highest BCUT2D eigenvalue weighted by molar-refractivity contribution is 5.92. The van der Waals surface area contributed by atoms with Crippen LogP contribution in [0.2, 0.25) is 0 Å². The molecule has 0 radical (unpaired) electrons. The van der Waals surface area contributed by atoms with Gasteiger partial charge in [-0.15, -0.1) is 0 Å². The van der Waals surface area contributed by atoms with Crippen LogP contribution in [0.5, 0.6) is 0 Å². The molecule has 170 valence electrons. The van der Waals surface area contributed by atoms with Crippen LogP contribution in [-0.4, -0.2) is 17.5 Å². The van der Waals surface area contributed by atoms with Crippen LogP contribution in [0.3, 0.4) is 0 Å². The van der Waals surface area contributed by atoms with Gasteiger partial charge in [0.25, 0.3) is 0 Å². The smallest absolute Gasteiger partial charge is 0.186 e. The second-order valence-electron chi connectivity index (χ2n) is 12.5. The zero-order valence-corrected chi connectivity index (χ0v) is 20.7. The topological polar surface area (TPSA) is 26.1 Å². The highest BCUT2D eigenvalue weighted by Crippen LogP contribution is 2.67. The van der Waals surface area contributed by atoms with Gasteiger partial charge in [-0.05, 0) is 91.3 Å². The summed E-state index contributed by atoms with van der Waals surface area (Å²) in [6.45, 7) is 12.6. The molecule has 3 fully saturated rings. The zero-order chi connectivity index (χ0) is 21.7. The molecule has 0 amide bonds. The molecule has 0 heterocycles. The highest BCUT2D eigenvalue weighted by Gasteiger charge is 2.59. The van der Waals surface area contributed by atoms with Crippen LogP contribution in [0.4, 0.5) is 0 Å². The van der Waals surface area contributed by atoms with Crippen molar-refractivity contribution in [2.75, 3.05) is 7.05 Å². The molecule has 4 rings (SSSR count). The fraction of sp³-hybridized carbons (Fsp3) is 0.893. The molecule has 0 saturated heterocycles. The first-order valence-corrected chi connectivity index (χ1v) is 13.1. The van der Waals surface area contributed by atoms with Gasteiger partial charge in [-0.3, -0.25) is 0 Å². The summed E-state index contributed by atoms with van der Waals surface area (Å²) in [5.41, 5.74) is 3.55. The Morgan fingerprint density at radius 1 is 1.00 bits per heavy atom. The van der Waals surface area contributed by atoms with E-state index in [1.807, 2.05) is 0 Å². The van der Waals surface area contributed by atoms with E-state index < -0.39 is 0 Å². The number of hydrogen-bond acceptors (Lipinski definition) is 1. The minimum absolute atomic E-state index is 0.352. The van der Waals surface area contributed by atoms with Gasteiger partial charge in [0, 0.05) is 12.5 Å². The SMILES string of the molecule is CC(C)CCC[C@@H](C)[C@H]1CC[C@H]2[C@@H]3CCC4=C/C(=[N+](/C)[O-])CC[C@]4(C)[C@H]3CC[C@]12C. The predicted octanol–water partition coefficient (Wildman–Crippen LogP) is 7.61. The average molecular weight is 414 g/mol. The monoisotopic (exact) mass is 413 g/mol. The fourth-order valence-corrected chi connectivity index (χ4v) is 8.84. The van der Waals surface area contributed by atoms with Crippen LogP contribution in [0.25, 0.3) is 0 Å². The van der Waals surface area contributed by atoms with E-state index in [4.69, 9.17) is 0 Å². The molecule has 0 unspecified atom stereocenters. The van der Waals surface area contributed by atoms with Crippen molar-refractivity contribution in [3.63, 3.8) is 0 Å². The number of rotatable bonds is 5. The van der Waals surface area contributed by atoms with E-state index in [0.717, 1.165) is 52.4 Å². The summed E-state index contributed by atoms with van der Waals surface area (Å²) in [6.07, 6.45) is 17.1. The number of hydroxylamine groups is 1. The van der Waals surface area contributed by atoms with Crippen LogP contribution in [0.1, 0.15) is 105 Å². The molecule has 4 aliphatic carbocycles. The molecule has 30 heavy (non-hydrogen) atoms. The van der Waals surface area contributed by atoms with E-state index in [2.05, 4.69) is 40.7 Å². The lowest BCUT2D eigenvalue weighted by molar-refractivity contribution is -0.423. The van der Waals surface area contributed by atoms with E-state index in [1.54, 1.807) is 12.6 Å². The van der Waals surface area contributed by atoms with E-state index in [9.17, 15) is 5.21 Å². The Bertz CT molecular complexity index is 701. The zero-order valence-electron chi connectivity index (χ0n) is 20.7. The van der Waals surface area contributed by atoms with Crippen molar-refractivity contribution >= 4 is 5.71 Å². The van der Waals surface area contributed by atoms with Crippen LogP contribution in [0, 0.1) is 51.5 Å². The van der Waals surface area contributed by atoms with Gasteiger partial charge in [0.15, 0.2) is 5.71 Å². The largest absolute Gasteiger partial charge is 0.624 e. The van der Waals surface area contributed by atoms with E-state index >= 15 is 0 Å². The lowest BCUT2D eigenvalue weighted by Crippen LogP contribution is -2.51. The van der Waals surface area contributed by atoms with Crippen LogP contribution >= 0.6 is 0 Å². The average Bonchev–Trinajstić information content (AvgIpc) is 3.04. The van der Waals surface area contributed by atoms with Crippen LogP contribution < -0.4 is 0 Å². The number of fused-ring (bicyclic) bond motifs is 5. The fourth-order valence-electron chi connectivity index (χ4n) is 8.84. The van der Waals surface area contributed by atoms with Gasteiger partial charge in [-0.2, -0.15) is 0 Å². The Kier molecular flexibility index (Phi) is 6.19. The molecule has 0 aromatic carbocycles. The predicted molar refractivity (Wildman–Crippen MR) is 128 cm³/mol. The number of nitrogens with zero attached hydrogens (tertiary/aromatic N) is 1. The van der Waals surface area contributed by atoms with Gasteiger partial charge in [-0.25, -0.2) is 4.74 Å². The van der Waals surface area contributed by atoms with Crippen LogP contribution in [-0.2, 0) is 0 Å². The Balaban J connectivity index is 1.50. The minimum Gasteiger partial charge on any atom is -0.624 e. The van der Waals surface area contributed by atoms with Gasteiger partial charge in [0.2, 0.25) is 0 Å². The second kappa shape index (κ2) is 8.28. The summed E-state index contributed by atoms with van der Waals surface area (Å²) in [5.74, 6) is 5.40. The first-order chi connectivity index (χ1) is 14.2. The van der Waals surface area contributed by atoms with Crippen molar-refractivity contribution in [3.05, 3.63) is 16.9 Å². The molecule has 0 aliphatic heterocycles. The summed E-state index contributed by atoms with van der Waals surface area (Å²) >= 11 is 0. The Morgan fingerprint density at radius 2 is 1.77 bits per heavy atom. The normalized spacial score (nSPS) is 43.5. The van der Waals surface area contributed by atoms with Gasteiger partial charge in [0.05, 0.1) is 0 Å². The molecular weight excluding hydrogens is 366 g/mol. The van der Waals surface area contributed by atoms with Gasteiger partial charge in [0.1, 0.15) is 7.05 Å². The quantitative estimate of drug-likeness (QED) is 0.259. The third-order valence-corrected chi connectivity index (χ3v) is 10.6. The van der Waals surface area contributed by atoms with Crippen molar-refractivity contribution in [1.29, 1.82) is 0 Å². The number of allylic oxidation sites excluding steroid dienone is 2. The van der Waals surface area contributed by atoms with Gasteiger partial charge < -0.3 is 5.21 Å². The molecule has 0 bridgehead atoms. The Hall–Kier alpha value is -0.790. The summed E-state index contributed by atoms with van der Waals surface area (Å²) in [5, 5.41) is 11.9. The molecule has 0 N–H and O–H groups in total. The molecule has 0 aromatic heterocycles. The first-order valence-electron chi connectivity index (χ1n) is 13.1. The molecule has 7 atom stereocenters. The summed E-state index contributed by atoms with van der Waals surface area (Å²) < 4.78 is 1.11. The molecule has 0 aromatic rings. The van der Waals surface area contributed by atoms with Crippen molar-refractivity contribution in [3.8, 4) is 0 Å². The van der Waals surface area contributed by atoms with Crippen LogP contribution in [0.15, 0.2) is 11.6 Å². The summed E-state index contributed by atoms with van der Waals surface area (Å²) in [4.78, 5) is 0. The maximum absolute atomic E-state index is 11.9. The van der Waals surface area contributed by atoms with Gasteiger partial charge in [-0.1, -0.05) is 59.5 Å². The molecule has 4 aliphatic rings. The lowest BCUT2D eigenvalue weighted by atomic mass is 9.46. The molecule has 3 saturated carbocycles. The van der Waals surface area contributed by atoms with Gasteiger partial charge >= 0.3 is 0 Å². The third-order valence-electron chi connectivity index (χ3n) is 10.6. The molecule has 2 nitrogen and oxygen atoms in total. The number of hydrogen-bond donors (Lipinski definition) is 0. The van der Waals surface area contributed by atoms with Crippen molar-refractivity contribution < 1.29 is 4.74 Å². The Morgan fingerprint density at radius 3 is 2.47 bits per heavy atom. The van der Waals surface area contributed by atoms with E-state index in [1.165, 1.54) is 64.2 Å². The summed E-state index contributed by atoms with van der Waals surface area (Å²) in [6, 6.07) is 0. The van der Waals surface area contributed by atoms with Crippen molar-refractivity contribution in [2.24, 2.45) is 46.3 Å². The molecule has 2 heteroatoms. The molecule has 0 spiro atoms. The van der Waals surface area contributed by atoms with E-state index in [0.29, 0.717) is 10.8 Å². The third kappa shape index (κ3) is 3.69. The lowest BCUT2D eigenvalue weighted by Gasteiger charge is -2.58. The highest BCUT2D eigenvalue weighted by atomic mass is 16.5. The second-order valence-corrected chi connectivity index (χ2v) is 12.5. The minimum atomic E-state index is 0.352. The Labute approximate surface area is 186 Å². The van der Waals surface area contributed by atoms with Crippen molar-refractivity contribution in [2.45, 2.75) is 105 Å².